The van der Waals surface area contributed by atoms with Gasteiger partial charge in [0, 0.05) is 0 Å². The average molecular weight is 379 g/mol. The summed E-state index contributed by atoms with van der Waals surface area (Å²) in [4.78, 5) is 0. The lowest BCUT2D eigenvalue weighted by atomic mass is 9.63. The molecule has 2 aromatic carbocycles. The highest BCUT2D eigenvalue weighted by atomic mass is 16.3. The molecule has 2 aromatic rings. The molecule has 0 heterocycles. The largest absolute Gasteiger partial charge is 0.508 e. The van der Waals surface area contributed by atoms with E-state index in [1.54, 1.807) is 12.1 Å². The van der Waals surface area contributed by atoms with E-state index in [-0.39, 0.29) is 5.41 Å². The van der Waals surface area contributed by atoms with Crippen molar-refractivity contribution in [3.05, 3.63) is 65.7 Å². The minimum absolute atomic E-state index is 0.0952. The van der Waals surface area contributed by atoms with Gasteiger partial charge in [0.25, 0.3) is 0 Å². The van der Waals surface area contributed by atoms with Gasteiger partial charge in [-0.05, 0) is 89.8 Å². The first kappa shape index (κ1) is 20.5. The summed E-state index contributed by atoms with van der Waals surface area (Å²) < 4.78 is 0. The second kappa shape index (κ2) is 8.03. The molecule has 28 heavy (non-hydrogen) atoms. The Morgan fingerprint density at radius 2 is 1.39 bits per heavy atom. The standard InChI is InChI=1S/C26H34O2/c1-25(2,3)17-18-26(4,22-11-15-24(28)16-12-22)21-9-5-19(6-10-21)20-7-13-23(27)14-8-20/h5,7-8,11-16,21,27-28H,6,9-10,17-18H2,1-4H3. The van der Waals surface area contributed by atoms with Gasteiger partial charge in [-0.3, -0.25) is 0 Å². The molecule has 2 atom stereocenters. The second-order valence-corrected chi connectivity index (χ2v) is 9.77. The molecule has 0 spiro atoms. The molecule has 0 saturated carbocycles. The monoisotopic (exact) mass is 378 g/mol. The maximum absolute atomic E-state index is 9.74. The van der Waals surface area contributed by atoms with Crippen LogP contribution in [0.1, 0.15) is 70.9 Å². The predicted molar refractivity (Wildman–Crippen MR) is 118 cm³/mol. The molecule has 150 valence electrons. The van der Waals surface area contributed by atoms with Crippen molar-refractivity contribution in [1.29, 1.82) is 0 Å². The topological polar surface area (TPSA) is 40.5 Å². The Morgan fingerprint density at radius 3 is 1.89 bits per heavy atom. The van der Waals surface area contributed by atoms with E-state index in [0.717, 1.165) is 25.7 Å². The summed E-state index contributed by atoms with van der Waals surface area (Å²) in [6, 6.07) is 15.4. The van der Waals surface area contributed by atoms with Crippen molar-refractivity contribution in [3.63, 3.8) is 0 Å². The lowest BCUT2D eigenvalue weighted by molar-refractivity contribution is 0.216. The summed E-state index contributed by atoms with van der Waals surface area (Å²) in [6.07, 6.45) is 8.02. The number of rotatable bonds is 5. The highest BCUT2D eigenvalue weighted by Gasteiger charge is 2.37. The van der Waals surface area contributed by atoms with Crippen LogP contribution in [0.5, 0.6) is 11.5 Å². The fraction of sp³-hybridized carbons (Fsp3) is 0.462. The lowest BCUT2D eigenvalue weighted by Gasteiger charge is -2.42. The Kier molecular flexibility index (Phi) is 5.88. The van der Waals surface area contributed by atoms with Crippen LogP contribution in [0.15, 0.2) is 54.6 Å². The molecule has 2 nitrogen and oxygen atoms in total. The third kappa shape index (κ3) is 4.79. The maximum atomic E-state index is 9.74. The fourth-order valence-corrected chi connectivity index (χ4v) is 4.41. The highest BCUT2D eigenvalue weighted by Crippen LogP contribution is 2.46. The highest BCUT2D eigenvalue weighted by molar-refractivity contribution is 5.66. The molecule has 0 fully saturated rings. The average Bonchev–Trinajstić information content (AvgIpc) is 2.67. The van der Waals surface area contributed by atoms with Crippen LogP contribution in [-0.4, -0.2) is 10.2 Å². The zero-order valence-corrected chi connectivity index (χ0v) is 17.7. The van der Waals surface area contributed by atoms with Crippen LogP contribution in [0, 0.1) is 11.3 Å². The van der Waals surface area contributed by atoms with E-state index >= 15 is 0 Å². The Labute approximate surface area is 169 Å². The van der Waals surface area contributed by atoms with E-state index in [1.807, 2.05) is 24.3 Å². The number of benzene rings is 2. The summed E-state index contributed by atoms with van der Waals surface area (Å²) in [5, 5.41) is 19.3. The second-order valence-electron chi connectivity index (χ2n) is 9.77. The summed E-state index contributed by atoms with van der Waals surface area (Å²) in [5.74, 6) is 1.24. The molecular weight excluding hydrogens is 344 g/mol. The van der Waals surface area contributed by atoms with Crippen molar-refractivity contribution in [2.75, 3.05) is 0 Å². The predicted octanol–water partition coefficient (Wildman–Crippen LogP) is 7.07. The molecule has 3 rings (SSSR count). The zero-order chi connectivity index (χ0) is 20.4. The van der Waals surface area contributed by atoms with Crippen LogP contribution < -0.4 is 0 Å². The van der Waals surface area contributed by atoms with Gasteiger partial charge < -0.3 is 10.2 Å². The number of phenolic OH excluding ortho intramolecular Hbond substituents is 2. The quantitative estimate of drug-likeness (QED) is 0.584. The molecule has 0 radical (unpaired) electrons. The number of phenols is 2. The van der Waals surface area contributed by atoms with Crippen molar-refractivity contribution in [2.45, 2.75) is 65.2 Å². The number of aromatic hydroxyl groups is 2. The zero-order valence-electron chi connectivity index (χ0n) is 17.7. The summed E-state index contributed by atoms with van der Waals surface area (Å²) in [7, 11) is 0. The molecule has 1 aliphatic rings. The molecule has 2 heteroatoms. The van der Waals surface area contributed by atoms with Crippen LogP contribution >= 0.6 is 0 Å². The molecule has 0 amide bonds. The van der Waals surface area contributed by atoms with E-state index in [9.17, 15) is 10.2 Å². The van der Waals surface area contributed by atoms with E-state index in [4.69, 9.17) is 0 Å². The van der Waals surface area contributed by atoms with Gasteiger partial charge in [-0.15, -0.1) is 0 Å². The van der Waals surface area contributed by atoms with Crippen molar-refractivity contribution in [1.82, 2.24) is 0 Å². The SMILES string of the molecule is CC(C)(C)CCC(C)(c1ccc(O)cc1)C1CC=C(c2ccc(O)cc2)CC1. The van der Waals surface area contributed by atoms with Gasteiger partial charge in [0.2, 0.25) is 0 Å². The molecular formula is C26H34O2. The molecule has 2 unspecified atom stereocenters. The normalized spacial score (nSPS) is 19.7. The van der Waals surface area contributed by atoms with Crippen LogP contribution in [0.3, 0.4) is 0 Å². The lowest BCUT2D eigenvalue weighted by Crippen LogP contribution is -2.34. The molecule has 0 saturated heterocycles. The van der Waals surface area contributed by atoms with E-state index < -0.39 is 0 Å². The van der Waals surface area contributed by atoms with Gasteiger partial charge in [-0.1, -0.05) is 58.0 Å². The van der Waals surface area contributed by atoms with Crippen molar-refractivity contribution in [2.24, 2.45) is 11.3 Å². The molecule has 0 aromatic heterocycles. The number of hydrogen-bond donors (Lipinski definition) is 2. The first-order chi connectivity index (χ1) is 13.2. The van der Waals surface area contributed by atoms with Crippen LogP contribution in [0.25, 0.3) is 5.57 Å². The summed E-state index contributed by atoms with van der Waals surface area (Å²) in [6.45, 7) is 9.35. The minimum atomic E-state index is 0.0952. The van der Waals surface area contributed by atoms with Gasteiger partial charge in [-0.25, -0.2) is 0 Å². The Bertz CT molecular complexity index is 809. The van der Waals surface area contributed by atoms with E-state index in [2.05, 4.69) is 45.9 Å². The fourth-order valence-electron chi connectivity index (χ4n) is 4.41. The van der Waals surface area contributed by atoms with Crippen LogP contribution in [-0.2, 0) is 5.41 Å². The first-order valence-electron chi connectivity index (χ1n) is 10.5. The molecule has 2 N–H and O–H groups in total. The van der Waals surface area contributed by atoms with Gasteiger partial charge in [0.05, 0.1) is 0 Å². The smallest absolute Gasteiger partial charge is 0.115 e. The molecule has 1 aliphatic carbocycles. The van der Waals surface area contributed by atoms with Gasteiger partial charge in [0.15, 0.2) is 0 Å². The van der Waals surface area contributed by atoms with Gasteiger partial charge in [-0.2, -0.15) is 0 Å². The third-order valence-corrected chi connectivity index (χ3v) is 6.47. The van der Waals surface area contributed by atoms with Crippen LogP contribution in [0.4, 0.5) is 0 Å². The third-order valence-electron chi connectivity index (χ3n) is 6.47. The first-order valence-corrected chi connectivity index (χ1v) is 10.5. The Hall–Kier alpha value is -2.22. The van der Waals surface area contributed by atoms with E-state index in [1.165, 1.54) is 23.1 Å². The Morgan fingerprint density at radius 1 is 0.821 bits per heavy atom. The van der Waals surface area contributed by atoms with Crippen molar-refractivity contribution < 1.29 is 10.2 Å². The maximum Gasteiger partial charge on any atom is 0.115 e. The van der Waals surface area contributed by atoms with Gasteiger partial charge in [0.1, 0.15) is 11.5 Å². The molecule has 0 aliphatic heterocycles. The summed E-state index contributed by atoms with van der Waals surface area (Å²) in [5.41, 5.74) is 4.34. The summed E-state index contributed by atoms with van der Waals surface area (Å²) >= 11 is 0. The minimum Gasteiger partial charge on any atom is -0.508 e. The van der Waals surface area contributed by atoms with Crippen LogP contribution in [0.2, 0.25) is 0 Å². The van der Waals surface area contributed by atoms with E-state index in [0.29, 0.717) is 22.8 Å². The Balaban J connectivity index is 1.84. The molecule has 0 bridgehead atoms. The number of hydrogen-bond acceptors (Lipinski definition) is 2. The van der Waals surface area contributed by atoms with Gasteiger partial charge >= 0.3 is 0 Å². The number of allylic oxidation sites excluding steroid dienone is 2. The van der Waals surface area contributed by atoms with Crippen molar-refractivity contribution in [3.8, 4) is 11.5 Å². The van der Waals surface area contributed by atoms with Crippen molar-refractivity contribution >= 4 is 5.57 Å².